The van der Waals surface area contributed by atoms with Crippen molar-refractivity contribution in [3.8, 4) is 5.75 Å². The zero-order valence-corrected chi connectivity index (χ0v) is 11.5. The van der Waals surface area contributed by atoms with Gasteiger partial charge in [0.25, 0.3) is 0 Å². The minimum Gasteiger partial charge on any atom is -0.495 e. The number of amides is 2. The lowest BCUT2D eigenvalue weighted by Gasteiger charge is -2.09. The Balaban J connectivity index is 1.92. The largest absolute Gasteiger partial charge is 0.495 e. The van der Waals surface area contributed by atoms with Crippen LogP contribution in [0.2, 0.25) is 0 Å². The highest BCUT2D eigenvalue weighted by Gasteiger charge is 2.15. The van der Waals surface area contributed by atoms with Crippen molar-refractivity contribution in [3.63, 3.8) is 0 Å². The van der Waals surface area contributed by atoms with Crippen LogP contribution in [0.15, 0.2) is 48.8 Å². The molecule has 0 saturated heterocycles. The smallest absolute Gasteiger partial charge is 0.313 e. The van der Waals surface area contributed by atoms with E-state index in [1.165, 1.54) is 7.11 Å². The Morgan fingerprint density at radius 2 is 1.95 bits per heavy atom. The van der Waals surface area contributed by atoms with E-state index in [9.17, 15) is 9.59 Å². The second-order valence-electron chi connectivity index (χ2n) is 4.20. The molecule has 108 valence electrons. The molecule has 21 heavy (non-hydrogen) atoms. The molecule has 0 aliphatic heterocycles. The predicted octanol–water partition coefficient (Wildman–Crippen LogP) is 1.35. The molecule has 6 heteroatoms. The Hall–Kier alpha value is -2.89. The van der Waals surface area contributed by atoms with Gasteiger partial charge in [0.15, 0.2) is 0 Å². The molecule has 0 spiro atoms. The highest BCUT2D eigenvalue weighted by atomic mass is 16.5. The molecule has 2 N–H and O–H groups in total. The molecule has 0 fully saturated rings. The van der Waals surface area contributed by atoms with Gasteiger partial charge in [0.05, 0.1) is 12.8 Å². The number of benzene rings is 1. The number of pyridine rings is 1. The summed E-state index contributed by atoms with van der Waals surface area (Å²) in [5.74, 6) is -0.973. The van der Waals surface area contributed by atoms with Crippen molar-refractivity contribution >= 4 is 17.5 Å². The molecular formula is C15H15N3O3. The third-order valence-electron chi connectivity index (χ3n) is 2.74. The van der Waals surface area contributed by atoms with E-state index in [0.29, 0.717) is 11.4 Å². The summed E-state index contributed by atoms with van der Waals surface area (Å²) in [4.78, 5) is 27.5. The van der Waals surface area contributed by atoms with Crippen molar-refractivity contribution in [3.05, 3.63) is 54.4 Å². The first kappa shape index (κ1) is 14.5. The Bertz CT molecular complexity index is 629. The summed E-state index contributed by atoms with van der Waals surface area (Å²) in [5, 5.41) is 5.03. The minimum absolute atomic E-state index is 0.242. The van der Waals surface area contributed by atoms with Gasteiger partial charge in [-0.15, -0.1) is 0 Å². The average Bonchev–Trinajstić information content (AvgIpc) is 2.54. The number of aromatic nitrogens is 1. The molecule has 0 aliphatic rings. The zero-order valence-electron chi connectivity index (χ0n) is 11.5. The summed E-state index contributed by atoms with van der Waals surface area (Å²) in [6.07, 6.45) is 3.26. The van der Waals surface area contributed by atoms with E-state index in [-0.39, 0.29) is 6.54 Å². The standard InChI is InChI=1S/C15H15N3O3/c1-21-13-7-3-2-6-12(13)18-15(20)14(19)17-10-11-5-4-8-16-9-11/h2-9H,10H2,1H3,(H,17,19)(H,18,20). The number of anilines is 1. The van der Waals surface area contributed by atoms with Crippen molar-refractivity contribution in [1.82, 2.24) is 10.3 Å². The maximum Gasteiger partial charge on any atom is 0.313 e. The molecule has 6 nitrogen and oxygen atoms in total. The van der Waals surface area contributed by atoms with Gasteiger partial charge in [0.1, 0.15) is 5.75 Å². The quantitative estimate of drug-likeness (QED) is 0.831. The number of nitrogens with one attached hydrogen (secondary N) is 2. The number of carbonyl (C=O) groups is 2. The van der Waals surface area contributed by atoms with Gasteiger partial charge in [0.2, 0.25) is 0 Å². The predicted molar refractivity (Wildman–Crippen MR) is 77.7 cm³/mol. The Labute approximate surface area is 122 Å². The first-order valence-corrected chi connectivity index (χ1v) is 6.32. The van der Waals surface area contributed by atoms with E-state index >= 15 is 0 Å². The van der Waals surface area contributed by atoms with Gasteiger partial charge in [-0.2, -0.15) is 0 Å². The summed E-state index contributed by atoms with van der Waals surface area (Å²) >= 11 is 0. The number of nitrogens with zero attached hydrogens (tertiary/aromatic N) is 1. The molecule has 0 aliphatic carbocycles. The summed E-state index contributed by atoms with van der Waals surface area (Å²) in [6.45, 7) is 0.242. The van der Waals surface area contributed by atoms with E-state index in [2.05, 4.69) is 15.6 Å². The van der Waals surface area contributed by atoms with E-state index in [0.717, 1.165) is 5.56 Å². The first-order chi connectivity index (χ1) is 10.2. The fraction of sp³-hybridized carbons (Fsp3) is 0.133. The maximum atomic E-state index is 11.8. The number of rotatable bonds is 4. The lowest BCUT2D eigenvalue weighted by molar-refractivity contribution is -0.136. The van der Waals surface area contributed by atoms with Crippen LogP contribution in [0.5, 0.6) is 5.75 Å². The summed E-state index contributed by atoms with van der Waals surface area (Å²) in [5.41, 5.74) is 1.26. The monoisotopic (exact) mass is 285 g/mol. The molecule has 2 aromatic rings. The molecule has 1 aromatic heterocycles. The zero-order chi connectivity index (χ0) is 15.1. The van der Waals surface area contributed by atoms with Crippen LogP contribution >= 0.6 is 0 Å². The number of para-hydroxylation sites is 2. The van der Waals surface area contributed by atoms with Gasteiger partial charge in [-0.25, -0.2) is 0 Å². The van der Waals surface area contributed by atoms with Crippen LogP contribution in [0, 0.1) is 0 Å². The third-order valence-corrected chi connectivity index (χ3v) is 2.74. The number of carbonyl (C=O) groups excluding carboxylic acids is 2. The SMILES string of the molecule is COc1ccccc1NC(=O)C(=O)NCc1cccnc1. The summed E-state index contributed by atoms with van der Waals surface area (Å²) < 4.78 is 5.10. The molecule has 2 amide bonds. The highest BCUT2D eigenvalue weighted by Crippen LogP contribution is 2.22. The van der Waals surface area contributed by atoms with E-state index in [1.54, 1.807) is 42.7 Å². The first-order valence-electron chi connectivity index (χ1n) is 6.32. The van der Waals surface area contributed by atoms with Crippen molar-refractivity contribution in [2.45, 2.75) is 6.54 Å². The molecular weight excluding hydrogens is 270 g/mol. The van der Waals surface area contributed by atoms with Crippen LogP contribution < -0.4 is 15.4 Å². The second-order valence-corrected chi connectivity index (χ2v) is 4.20. The van der Waals surface area contributed by atoms with Crippen molar-refractivity contribution in [1.29, 1.82) is 0 Å². The average molecular weight is 285 g/mol. The topological polar surface area (TPSA) is 80.3 Å². The lowest BCUT2D eigenvalue weighted by Crippen LogP contribution is -2.35. The van der Waals surface area contributed by atoms with E-state index in [1.807, 2.05) is 6.07 Å². The fourth-order valence-corrected chi connectivity index (χ4v) is 1.69. The van der Waals surface area contributed by atoms with Gasteiger partial charge in [-0.05, 0) is 23.8 Å². The molecule has 1 aromatic carbocycles. The summed E-state index contributed by atoms with van der Waals surface area (Å²) in [6, 6.07) is 10.4. The van der Waals surface area contributed by atoms with Crippen LogP contribution in [0.25, 0.3) is 0 Å². The van der Waals surface area contributed by atoms with Gasteiger partial charge >= 0.3 is 11.8 Å². The second kappa shape index (κ2) is 7.04. The van der Waals surface area contributed by atoms with Crippen LogP contribution in [0.4, 0.5) is 5.69 Å². The van der Waals surface area contributed by atoms with Crippen LogP contribution in [-0.2, 0) is 16.1 Å². The molecule has 0 bridgehead atoms. The Morgan fingerprint density at radius 1 is 1.14 bits per heavy atom. The summed E-state index contributed by atoms with van der Waals surface area (Å²) in [7, 11) is 1.49. The van der Waals surface area contributed by atoms with Gasteiger partial charge in [0, 0.05) is 18.9 Å². The number of hydrogen-bond acceptors (Lipinski definition) is 4. The van der Waals surface area contributed by atoms with Crippen LogP contribution in [-0.4, -0.2) is 23.9 Å². The third kappa shape index (κ3) is 4.04. The van der Waals surface area contributed by atoms with Crippen molar-refractivity contribution < 1.29 is 14.3 Å². The number of hydrogen-bond donors (Lipinski definition) is 2. The molecule has 2 rings (SSSR count). The highest BCUT2D eigenvalue weighted by molar-refractivity contribution is 6.39. The van der Waals surface area contributed by atoms with Gasteiger partial charge in [-0.3, -0.25) is 14.6 Å². The molecule has 1 heterocycles. The number of methoxy groups -OCH3 is 1. The Kier molecular flexibility index (Phi) is 4.87. The molecule has 0 radical (unpaired) electrons. The van der Waals surface area contributed by atoms with E-state index < -0.39 is 11.8 Å². The molecule has 0 saturated carbocycles. The number of ether oxygens (including phenoxy) is 1. The maximum absolute atomic E-state index is 11.8. The van der Waals surface area contributed by atoms with Gasteiger partial charge < -0.3 is 15.4 Å². The van der Waals surface area contributed by atoms with Crippen LogP contribution in [0.3, 0.4) is 0 Å². The van der Waals surface area contributed by atoms with Crippen molar-refractivity contribution in [2.75, 3.05) is 12.4 Å². The fourth-order valence-electron chi connectivity index (χ4n) is 1.69. The van der Waals surface area contributed by atoms with Crippen molar-refractivity contribution in [2.24, 2.45) is 0 Å². The minimum atomic E-state index is -0.747. The van der Waals surface area contributed by atoms with Crippen LogP contribution in [0.1, 0.15) is 5.56 Å². The molecule has 0 atom stereocenters. The molecule has 0 unspecified atom stereocenters. The Morgan fingerprint density at radius 3 is 2.67 bits per heavy atom. The van der Waals surface area contributed by atoms with Gasteiger partial charge in [-0.1, -0.05) is 18.2 Å². The lowest BCUT2D eigenvalue weighted by atomic mass is 10.3. The normalized spacial score (nSPS) is 9.76. The van der Waals surface area contributed by atoms with E-state index in [4.69, 9.17) is 4.74 Å².